The van der Waals surface area contributed by atoms with Crippen LogP contribution in [0.25, 0.3) is 0 Å². The fourth-order valence-corrected chi connectivity index (χ4v) is 2.69. The van der Waals surface area contributed by atoms with Gasteiger partial charge in [-0.15, -0.1) is 0 Å². The van der Waals surface area contributed by atoms with E-state index in [-0.39, 0.29) is 17.9 Å². The van der Waals surface area contributed by atoms with E-state index in [1.54, 1.807) is 7.11 Å². The van der Waals surface area contributed by atoms with Crippen molar-refractivity contribution in [1.29, 1.82) is 0 Å². The molecule has 1 fully saturated rings. The van der Waals surface area contributed by atoms with Crippen molar-refractivity contribution in [2.24, 2.45) is 17.6 Å². The van der Waals surface area contributed by atoms with Crippen molar-refractivity contribution in [1.82, 2.24) is 10.2 Å². The maximum Gasteiger partial charge on any atom is 0.223 e. The fourth-order valence-electron chi connectivity index (χ4n) is 2.69. The van der Waals surface area contributed by atoms with E-state index in [9.17, 15) is 4.79 Å². The van der Waals surface area contributed by atoms with Crippen LogP contribution < -0.4 is 11.1 Å². The van der Waals surface area contributed by atoms with Gasteiger partial charge in [-0.2, -0.15) is 0 Å². The molecule has 5 heteroatoms. The van der Waals surface area contributed by atoms with Gasteiger partial charge in [-0.25, -0.2) is 0 Å². The second-order valence-electron chi connectivity index (χ2n) is 5.74. The Morgan fingerprint density at radius 2 is 2.16 bits per heavy atom. The third-order valence-electron chi connectivity index (χ3n) is 4.02. The van der Waals surface area contributed by atoms with Crippen LogP contribution in [0.4, 0.5) is 0 Å². The molecule has 0 bridgehead atoms. The number of hydrogen-bond donors (Lipinski definition) is 2. The molecule has 1 aliphatic carbocycles. The molecule has 5 nitrogen and oxygen atoms in total. The highest BCUT2D eigenvalue weighted by molar-refractivity contribution is 5.79. The summed E-state index contributed by atoms with van der Waals surface area (Å²) in [5, 5.41) is 3.04. The van der Waals surface area contributed by atoms with E-state index in [4.69, 9.17) is 10.5 Å². The normalized spacial score (nSPS) is 27.5. The number of nitrogens with one attached hydrogen (secondary N) is 1. The van der Waals surface area contributed by atoms with Gasteiger partial charge in [0.05, 0.1) is 6.61 Å². The quantitative estimate of drug-likeness (QED) is 0.705. The fraction of sp³-hybridized carbons (Fsp3) is 0.929. The summed E-state index contributed by atoms with van der Waals surface area (Å²) in [6.45, 7) is 5.31. The van der Waals surface area contributed by atoms with E-state index < -0.39 is 0 Å². The van der Waals surface area contributed by atoms with Gasteiger partial charge in [0.25, 0.3) is 0 Å². The molecule has 0 aromatic carbocycles. The van der Waals surface area contributed by atoms with Crippen molar-refractivity contribution in [3.8, 4) is 0 Å². The maximum absolute atomic E-state index is 12.1. The van der Waals surface area contributed by atoms with Crippen molar-refractivity contribution < 1.29 is 9.53 Å². The maximum atomic E-state index is 12.1. The number of amides is 1. The number of rotatable bonds is 7. The number of methoxy groups -OCH3 is 1. The Kier molecular flexibility index (Phi) is 7.34. The molecule has 1 amide bonds. The summed E-state index contributed by atoms with van der Waals surface area (Å²) < 4.78 is 5.02. The SMILES string of the molecule is COCCN(C)CCNC(=O)C1CCC(N)CC1C. The molecule has 0 aliphatic heterocycles. The largest absolute Gasteiger partial charge is 0.383 e. The van der Waals surface area contributed by atoms with Gasteiger partial charge in [-0.1, -0.05) is 6.92 Å². The molecule has 1 rings (SSSR count). The highest BCUT2D eigenvalue weighted by Crippen LogP contribution is 2.28. The number of nitrogens with zero attached hydrogens (tertiary/aromatic N) is 1. The summed E-state index contributed by atoms with van der Waals surface area (Å²) in [6.07, 6.45) is 2.86. The molecule has 3 N–H and O–H groups in total. The van der Waals surface area contributed by atoms with Gasteiger partial charge in [-0.3, -0.25) is 4.79 Å². The lowest BCUT2D eigenvalue weighted by Crippen LogP contribution is -2.42. The molecule has 3 atom stereocenters. The van der Waals surface area contributed by atoms with Gasteiger partial charge in [0, 0.05) is 38.7 Å². The van der Waals surface area contributed by atoms with Gasteiger partial charge < -0.3 is 20.7 Å². The van der Waals surface area contributed by atoms with Gasteiger partial charge in [0.1, 0.15) is 0 Å². The molecule has 3 unspecified atom stereocenters. The molecule has 0 saturated heterocycles. The van der Waals surface area contributed by atoms with Gasteiger partial charge in [0.15, 0.2) is 0 Å². The number of ether oxygens (including phenoxy) is 1. The summed E-state index contributed by atoms with van der Waals surface area (Å²) in [7, 11) is 3.73. The number of hydrogen-bond acceptors (Lipinski definition) is 4. The molecule has 0 aromatic rings. The Balaban J connectivity index is 2.20. The van der Waals surface area contributed by atoms with Crippen molar-refractivity contribution in [2.75, 3.05) is 40.4 Å². The monoisotopic (exact) mass is 271 g/mol. The first kappa shape index (κ1) is 16.4. The van der Waals surface area contributed by atoms with Gasteiger partial charge >= 0.3 is 0 Å². The zero-order valence-corrected chi connectivity index (χ0v) is 12.5. The van der Waals surface area contributed by atoms with Crippen LogP contribution in [-0.4, -0.2) is 57.2 Å². The van der Waals surface area contributed by atoms with Crippen LogP contribution in [0.3, 0.4) is 0 Å². The molecule has 0 heterocycles. The average Bonchev–Trinajstić information content (AvgIpc) is 2.36. The number of likely N-dealkylation sites (N-methyl/N-ethyl adjacent to an activating group) is 1. The second kappa shape index (κ2) is 8.51. The lowest BCUT2D eigenvalue weighted by atomic mass is 9.78. The summed E-state index contributed by atoms with van der Waals surface area (Å²) in [5.74, 6) is 0.735. The molecule has 0 spiro atoms. The highest BCUT2D eigenvalue weighted by atomic mass is 16.5. The molecule has 0 radical (unpaired) electrons. The third-order valence-corrected chi connectivity index (χ3v) is 4.02. The first-order valence-corrected chi connectivity index (χ1v) is 7.25. The van der Waals surface area contributed by atoms with Crippen LogP contribution >= 0.6 is 0 Å². The van der Waals surface area contributed by atoms with Crippen molar-refractivity contribution >= 4 is 5.91 Å². The van der Waals surface area contributed by atoms with E-state index in [2.05, 4.69) is 17.1 Å². The molecule has 1 aliphatic rings. The minimum absolute atomic E-state index is 0.143. The molecular formula is C14H29N3O2. The second-order valence-corrected chi connectivity index (χ2v) is 5.74. The smallest absolute Gasteiger partial charge is 0.223 e. The Morgan fingerprint density at radius 1 is 1.42 bits per heavy atom. The van der Waals surface area contributed by atoms with Crippen LogP contribution in [0.1, 0.15) is 26.2 Å². The molecule has 0 aromatic heterocycles. The Morgan fingerprint density at radius 3 is 2.79 bits per heavy atom. The zero-order valence-electron chi connectivity index (χ0n) is 12.5. The molecule has 19 heavy (non-hydrogen) atoms. The van der Waals surface area contributed by atoms with E-state index >= 15 is 0 Å². The van der Waals surface area contributed by atoms with Crippen molar-refractivity contribution in [3.05, 3.63) is 0 Å². The van der Waals surface area contributed by atoms with Crippen LogP contribution in [0.2, 0.25) is 0 Å². The van der Waals surface area contributed by atoms with Crippen molar-refractivity contribution in [3.63, 3.8) is 0 Å². The zero-order chi connectivity index (χ0) is 14.3. The minimum Gasteiger partial charge on any atom is -0.383 e. The van der Waals surface area contributed by atoms with E-state index in [1.807, 2.05) is 7.05 Å². The third kappa shape index (κ3) is 5.89. The summed E-state index contributed by atoms with van der Waals surface area (Å²) in [5.41, 5.74) is 5.92. The standard InChI is InChI=1S/C14H29N3O2/c1-11-10-12(15)4-5-13(11)14(18)16-6-7-17(2)8-9-19-3/h11-13H,4-10,15H2,1-3H3,(H,16,18). The van der Waals surface area contributed by atoms with Crippen LogP contribution in [0, 0.1) is 11.8 Å². The minimum atomic E-state index is 0.143. The van der Waals surface area contributed by atoms with E-state index in [0.29, 0.717) is 12.5 Å². The molecular weight excluding hydrogens is 242 g/mol. The number of carbonyl (C=O) groups excluding carboxylic acids is 1. The average molecular weight is 271 g/mol. The highest BCUT2D eigenvalue weighted by Gasteiger charge is 2.30. The predicted octanol–water partition coefficient (Wildman–Crippen LogP) is 0.444. The Bertz CT molecular complexity index is 273. The van der Waals surface area contributed by atoms with Crippen LogP contribution in [0.5, 0.6) is 0 Å². The summed E-state index contributed by atoms with van der Waals surface area (Å²) >= 11 is 0. The van der Waals surface area contributed by atoms with Gasteiger partial charge in [-0.05, 0) is 32.2 Å². The topological polar surface area (TPSA) is 67.6 Å². The number of nitrogens with two attached hydrogens (primary N) is 1. The molecule has 112 valence electrons. The van der Waals surface area contributed by atoms with Gasteiger partial charge in [0.2, 0.25) is 5.91 Å². The first-order valence-electron chi connectivity index (χ1n) is 7.25. The number of carbonyl (C=O) groups is 1. The predicted molar refractivity (Wildman–Crippen MR) is 76.9 cm³/mol. The first-order chi connectivity index (χ1) is 9.04. The summed E-state index contributed by atoms with van der Waals surface area (Å²) in [4.78, 5) is 14.3. The Labute approximate surface area is 116 Å². The van der Waals surface area contributed by atoms with Crippen molar-refractivity contribution in [2.45, 2.75) is 32.2 Å². The van der Waals surface area contributed by atoms with Crippen LogP contribution in [-0.2, 0) is 9.53 Å². The molecule has 1 saturated carbocycles. The Hall–Kier alpha value is -0.650. The summed E-state index contributed by atoms with van der Waals surface area (Å²) in [6, 6.07) is 0.277. The van der Waals surface area contributed by atoms with E-state index in [0.717, 1.165) is 39.0 Å². The lowest BCUT2D eigenvalue weighted by Gasteiger charge is -2.31. The van der Waals surface area contributed by atoms with E-state index in [1.165, 1.54) is 0 Å². The van der Waals surface area contributed by atoms with Crippen LogP contribution in [0.15, 0.2) is 0 Å². The lowest BCUT2D eigenvalue weighted by molar-refractivity contribution is -0.127.